The van der Waals surface area contributed by atoms with Gasteiger partial charge in [-0.1, -0.05) is 11.6 Å². The smallest absolute Gasteiger partial charge is 0.255 e. The van der Waals surface area contributed by atoms with Crippen molar-refractivity contribution in [1.29, 1.82) is 0 Å². The first-order valence-electron chi connectivity index (χ1n) is 9.73. The number of carbonyl (C=O) groups is 1. The van der Waals surface area contributed by atoms with E-state index in [4.69, 9.17) is 31.5 Å². The Morgan fingerprint density at radius 3 is 2.93 bits per heavy atom. The van der Waals surface area contributed by atoms with Gasteiger partial charge in [-0.2, -0.15) is 0 Å². The summed E-state index contributed by atoms with van der Waals surface area (Å²) < 4.78 is 16.7. The molecule has 3 rings (SSSR count). The Morgan fingerprint density at radius 1 is 1.40 bits per heavy atom. The first kappa shape index (κ1) is 22.1. The van der Waals surface area contributed by atoms with E-state index in [1.54, 1.807) is 25.6 Å². The van der Waals surface area contributed by atoms with Crippen LogP contribution >= 0.6 is 11.6 Å². The van der Waals surface area contributed by atoms with Gasteiger partial charge in [-0.25, -0.2) is 0 Å². The van der Waals surface area contributed by atoms with Gasteiger partial charge in [0.25, 0.3) is 5.91 Å². The van der Waals surface area contributed by atoms with Crippen molar-refractivity contribution in [2.24, 2.45) is 0 Å². The number of anilines is 1. The van der Waals surface area contributed by atoms with E-state index in [0.717, 1.165) is 25.3 Å². The lowest BCUT2D eigenvalue weighted by atomic mass is 10.0. The number of hydrogen-bond donors (Lipinski definition) is 2. The largest absolute Gasteiger partial charge is 0.496 e. The molecule has 2 aromatic rings. The number of nitrogens with two attached hydrogens (primary N) is 1. The third-order valence-electron chi connectivity index (χ3n) is 5.14. The van der Waals surface area contributed by atoms with Crippen LogP contribution in [0.2, 0.25) is 5.02 Å². The van der Waals surface area contributed by atoms with Crippen LogP contribution < -0.4 is 20.5 Å². The number of pyridine rings is 1. The van der Waals surface area contributed by atoms with Gasteiger partial charge in [0.1, 0.15) is 18.1 Å². The van der Waals surface area contributed by atoms with Gasteiger partial charge in [0, 0.05) is 39.0 Å². The summed E-state index contributed by atoms with van der Waals surface area (Å²) in [4.78, 5) is 19.1. The molecule has 0 bridgehead atoms. The van der Waals surface area contributed by atoms with Crippen molar-refractivity contribution < 1.29 is 19.0 Å². The Kier molecular flexibility index (Phi) is 7.73. The van der Waals surface area contributed by atoms with Crippen molar-refractivity contribution in [2.45, 2.75) is 18.6 Å². The van der Waals surface area contributed by atoms with Gasteiger partial charge < -0.3 is 25.3 Å². The lowest BCUT2D eigenvalue weighted by molar-refractivity contribution is 0.00321. The van der Waals surface area contributed by atoms with Crippen molar-refractivity contribution in [1.82, 2.24) is 15.2 Å². The number of likely N-dealkylation sites (tertiary alicyclic amines) is 1. The molecule has 30 heavy (non-hydrogen) atoms. The van der Waals surface area contributed by atoms with E-state index < -0.39 is 0 Å². The van der Waals surface area contributed by atoms with Crippen LogP contribution in [0.1, 0.15) is 16.8 Å². The fourth-order valence-corrected chi connectivity index (χ4v) is 3.64. The quantitative estimate of drug-likeness (QED) is 0.614. The molecule has 1 aromatic heterocycles. The van der Waals surface area contributed by atoms with E-state index >= 15 is 0 Å². The number of nitrogens with zero attached hydrogens (tertiary/aromatic N) is 2. The van der Waals surface area contributed by atoms with Crippen molar-refractivity contribution in [3.8, 4) is 11.5 Å². The van der Waals surface area contributed by atoms with Crippen LogP contribution in [0.3, 0.4) is 0 Å². The third kappa shape index (κ3) is 5.53. The van der Waals surface area contributed by atoms with E-state index in [2.05, 4.69) is 15.2 Å². The summed E-state index contributed by atoms with van der Waals surface area (Å²) in [6.07, 6.45) is 4.01. The van der Waals surface area contributed by atoms with Crippen LogP contribution in [0.4, 0.5) is 5.69 Å². The molecule has 1 fully saturated rings. The first-order valence-corrected chi connectivity index (χ1v) is 10.1. The SMILES string of the molecule is COc1cc(N)c(Cl)cc1C(=O)NC1CCN(CCOc2cccnc2)CC1OC. The van der Waals surface area contributed by atoms with Crippen LogP contribution in [0.15, 0.2) is 36.7 Å². The number of benzene rings is 1. The zero-order chi connectivity index (χ0) is 21.5. The molecule has 2 unspecified atom stereocenters. The van der Waals surface area contributed by atoms with E-state index in [-0.39, 0.29) is 18.1 Å². The van der Waals surface area contributed by atoms with Crippen LogP contribution in [0.5, 0.6) is 11.5 Å². The number of piperidine rings is 1. The molecule has 1 aliphatic rings. The van der Waals surface area contributed by atoms with Gasteiger partial charge in [0.2, 0.25) is 0 Å². The zero-order valence-electron chi connectivity index (χ0n) is 17.1. The van der Waals surface area contributed by atoms with Crippen molar-refractivity contribution in [3.63, 3.8) is 0 Å². The van der Waals surface area contributed by atoms with Gasteiger partial charge in [-0.05, 0) is 24.6 Å². The second-order valence-electron chi connectivity index (χ2n) is 7.05. The lowest BCUT2D eigenvalue weighted by Gasteiger charge is -2.38. The summed E-state index contributed by atoms with van der Waals surface area (Å²) in [5.41, 5.74) is 6.51. The summed E-state index contributed by atoms with van der Waals surface area (Å²) in [5, 5.41) is 3.36. The average Bonchev–Trinajstić information content (AvgIpc) is 2.76. The fourth-order valence-electron chi connectivity index (χ4n) is 3.47. The Balaban J connectivity index is 1.55. The summed E-state index contributed by atoms with van der Waals surface area (Å²) in [6.45, 7) is 2.83. The van der Waals surface area contributed by atoms with Gasteiger partial charge in [0.15, 0.2) is 0 Å². The second-order valence-corrected chi connectivity index (χ2v) is 7.46. The normalized spacial score (nSPS) is 19.3. The maximum Gasteiger partial charge on any atom is 0.255 e. The molecule has 2 atom stereocenters. The molecule has 1 saturated heterocycles. The van der Waals surface area contributed by atoms with Crippen molar-refractivity contribution >= 4 is 23.2 Å². The molecule has 0 spiro atoms. The number of amides is 1. The molecule has 8 nitrogen and oxygen atoms in total. The highest BCUT2D eigenvalue weighted by Gasteiger charge is 2.31. The number of ether oxygens (including phenoxy) is 3. The summed E-state index contributed by atoms with van der Waals surface area (Å²) in [5.74, 6) is 0.863. The fraction of sp³-hybridized carbons (Fsp3) is 0.429. The van der Waals surface area contributed by atoms with Gasteiger partial charge in [0.05, 0.1) is 41.7 Å². The van der Waals surface area contributed by atoms with Gasteiger partial charge in [-0.3, -0.25) is 14.7 Å². The minimum Gasteiger partial charge on any atom is -0.496 e. The Labute approximate surface area is 181 Å². The maximum absolute atomic E-state index is 12.8. The number of hydrogen-bond acceptors (Lipinski definition) is 7. The number of rotatable bonds is 8. The molecule has 0 saturated carbocycles. The van der Waals surface area contributed by atoms with E-state index in [0.29, 0.717) is 35.2 Å². The highest BCUT2D eigenvalue weighted by atomic mass is 35.5. The minimum atomic E-state index is -0.269. The molecule has 9 heteroatoms. The monoisotopic (exact) mass is 434 g/mol. The molecular weight excluding hydrogens is 408 g/mol. The summed E-state index contributed by atoms with van der Waals surface area (Å²) in [6, 6.07) is 6.67. The van der Waals surface area contributed by atoms with Crippen LogP contribution in [-0.4, -0.2) is 68.4 Å². The number of nitrogens with one attached hydrogen (secondary N) is 1. The molecule has 1 amide bonds. The number of aromatic nitrogens is 1. The molecule has 3 N–H and O–H groups in total. The molecule has 0 aliphatic carbocycles. The number of nitrogen functional groups attached to an aromatic ring is 1. The summed E-state index contributed by atoms with van der Waals surface area (Å²) >= 11 is 6.09. The number of methoxy groups -OCH3 is 2. The third-order valence-corrected chi connectivity index (χ3v) is 5.46. The second kappa shape index (κ2) is 10.5. The predicted molar refractivity (Wildman–Crippen MR) is 115 cm³/mol. The lowest BCUT2D eigenvalue weighted by Crippen LogP contribution is -2.55. The number of carbonyl (C=O) groups excluding carboxylic acids is 1. The number of halogens is 1. The molecule has 1 aliphatic heterocycles. The maximum atomic E-state index is 12.8. The van der Waals surface area contributed by atoms with Crippen LogP contribution in [0.25, 0.3) is 0 Å². The highest BCUT2D eigenvalue weighted by Crippen LogP contribution is 2.29. The highest BCUT2D eigenvalue weighted by molar-refractivity contribution is 6.33. The predicted octanol–water partition coefficient (Wildman–Crippen LogP) is 2.22. The van der Waals surface area contributed by atoms with Gasteiger partial charge >= 0.3 is 0 Å². The molecule has 0 radical (unpaired) electrons. The Bertz CT molecular complexity index is 852. The van der Waals surface area contributed by atoms with Gasteiger partial charge in [-0.15, -0.1) is 0 Å². The topological polar surface area (TPSA) is 98.9 Å². The van der Waals surface area contributed by atoms with Crippen LogP contribution in [0, 0.1) is 0 Å². The van der Waals surface area contributed by atoms with Crippen LogP contribution in [-0.2, 0) is 4.74 Å². The van der Waals surface area contributed by atoms with Crippen molar-refractivity contribution in [2.75, 3.05) is 46.2 Å². The molecule has 1 aromatic carbocycles. The zero-order valence-corrected chi connectivity index (χ0v) is 17.9. The van der Waals surface area contributed by atoms with E-state index in [1.165, 1.54) is 13.2 Å². The Hall–Kier alpha value is -2.55. The summed E-state index contributed by atoms with van der Waals surface area (Å²) in [7, 11) is 3.14. The minimum absolute atomic E-state index is 0.126. The first-order chi connectivity index (χ1) is 14.5. The average molecular weight is 435 g/mol. The van der Waals surface area contributed by atoms with E-state index in [9.17, 15) is 4.79 Å². The Morgan fingerprint density at radius 2 is 2.23 bits per heavy atom. The van der Waals surface area contributed by atoms with E-state index in [1.807, 2.05) is 12.1 Å². The van der Waals surface area contributed by atoms with Crippen molar-refractivity contribution in [3.05, 3.63) is 47.2 Å². The molecular formula is C21H27ClN4O4. The molecule has 2 heterocycles. The molecule has 162 valence electrons. The standard InChI is InChI=1S/C21H27ClN4O4/c1-28-19-11-17(23)16(22)10-15(19)21(27)25-18-5-7-26(13-20(18)29-2)8-9-30-14-4-3-6-24-12-14/h3-4,6,10-12,18,20H,5,7-9,13,23H2,1-2H3,(H,25,27).